The van der Waals surface area contributed by atoms with Crippen LogP contribution in [-0.4, -0.2) is 28.5 Å². The minimum absolute atomic E-state index is 0.435. The van der Waals surface area contributed by atoms with Crippen molar-refractivity contribution in [2.24, 2.45) is 5.73 Å². The van der Waals surface area contributed by atoms with Crippen LogP contribution in [-0.2, 0) is 13.0 Å². The second-order valence-corrected chi connectivity index (χ2v) is 6.60. The number of nitrogens with two attached hydrogens (primary N) is 1. The van der Waals surface area contributed by atoms with E-state index >= 15 is 0 Å². The van der Waals surface area contributed by atoms with E-state index in [0.717, 1.165) is 41.7 Å². The Balaban J connectivity index is 2.38. The average molecular weight is 299 g/mol. The van der Waals surface area contributed by atoms with Crippen molar-refractivity contribution in [2.45, 2.75) is 32.7 Å². The third-order valence-electron chi connectivity index (χ3n) is 4.26. The molecule has 0 fully saturated rings. The average Bonchev–Trinajstić information content (AvgIpc) is 2.43. The summed E-state index contributed by atoms with van der Waals surface area (Å²) in [6, 6.07) is 6.34. The van der Waals surface area contributed by atoms with Crippen molar-refractivity contribution in [3.05, 3.63) is 40.6 Å². The number of rotatable bonds is 2. The fourth-order valence-electron chi connectivity index (χ4n) is 3.17. The van der Waals surface area contributed by atoms with E-state index in [1.807, 2.05) is 0 Å². The maximum atomic E-state index is 6.06. The lowest BCUT2D eigenvalue weighted by Gasteiger charge is -2.27. The van der Waals surface area contributed by atoms with Crippen LogP contribution in [0.3, 0.4) is 0 Å². The van der Waals surface area contributed by atoms with Crippen LogP contribution in [0.1, 0.15) is 42.1 Å². The number of hydrogen-bond acceptors (Lipinski definition) is 3. The lowest BCUT2D eigenvalue weighted by molar-refractivity contribution is 0.310. The second kappa shape index (κ2) is 5.35. The summed E-state index contributed by atoms with van der Waals surface area (Å²) >= 11 is 5.35. The number of para-hydroxylation sites is 1. The van der Waals surface area contributed by atoms with Gasteiger partial charge in [0.15, 0.2) is 0 Å². The van der Waals surface area contributed by atoms with Crippen molar-refractivity contribution < 1.29 is 0 Å². The number of thiocarbonyl (C=S) groups is 1. The van der Waals surface area contributed by atoms with Gasteiger partial charge in [0.2, 0.25) is 0 Å². The molecule has 21 heavy (non-hydrogen) atoms. The van der Waals surface area contributed by atoms with Gasteiger partial charge in [-0.3, -0.25) is 4.98 Å². The second-order valence-electron chi connectivity index (χ2n) is 6.16. The summed E-state index contributed by atoms with van der Waals surface area (Å²) in [5.41, 5.74) is 11.8. The minimum atomic E-state index is 0.435. The molecule has 1 aromatic heterocycles. The summed E-state index contributed by atoms with van der Waals surface area (Å²) in [5.74, 6) is 0.435. The molecule has 0 amide bonds. The molecule has 0 saturated heterocycles. The molecule has 1 aromatic carbocycles. The molecule has 3 rings (SSSR count). The highest BCUT2D eigenvalue weighted by Gasteiger charge is 2.23. The molecule has 2 heterocycles. The largest absolute Gasteiger partial charge is 0.389 e. The van der Waals surface area contributed by atoms with Crippen LogP contribution in [0.15, 0.2) is 18.2 Å². The third-order valence-corrected chi connectivity index (χ3v) is 4.46. The van der Waals surface area contributed by atoms with Gasteiger partial charge in [0.1, 0.15) is 4.99 Å². The Bertz CT molecular complexity index is 722. The first-order valence-electron chi connectivity index (χ1n) is 7.41. The molecule has 0 unspecified atom stereocenters. The van der Waals surface area contributed by atoms with Gasteiger partial charge in [-0.05, 0) is 24.1 Å². The molecule has 0 spiro atoms. The van der Waals surface area contributed by atoms with Gasteiger partial charge in [-0.2, -0.15) is 0 Å². The molecular formula is C17H21N3S. The van der Waals surface area contributed by atoms with Gasteiger partial charge in [-0.15, -0.1) is 0 Å². The maximum absolute atomic E-state index is 6.06. The topological polar surface area (TPSA) is 42.1 Å². The van der Waals surface area contributed by atoms with Crippen LogP contribution < -0.4 is 5.73 Å². The zero-order valence-electron chi connectivity index (χ0n) is 12.8. The fraction of sp³-hybridized carbons (Fsp3) is 0.412. The summed E-state index contributed by atoms with van der Waals surface area (Å²) in [6.07, 6.45) is 0.962. The standard InChI is InChI=1S/C17H21N3S/c1-10(2)11-5-4-6-12-15(17(18)21)13-9-20(3)8-7-14(13)19-16(11)12/h4-6,10H,7-9H2,1-3H3,(H2,18,21). The predicted octanol–water partition coefficient (Wildman–Crippen LogP) is 2.98. The molecule has 1 aliphatic heterocycles. The summed E-state index contributed by atoms with van der Waals surface area (Å²) in [4.78, 5) is 7.75. The quantitative estimate of drug-likeness (QED) is 0.866. The number of nitrogens with zero attached hydrogens (tertiary/aromatic N) is 2. The Morgan fingerprint density at radius 3 is 2.81 bits per heavy atom. The molecule has 110 valence electrons. The van der Waals surface area contributed by atoms with Crippen LogP contribution in [0.25, 0.3) is 10.9 Å². The lowest BCUT2D eigenvalue weighted by Crippen LogP contribution is -2.30. The number of likely N-dealkylation sites (N-methyl/N-ethyl adjacent to an activating group) is 1. The van der Waals surface area contributed by atoms with Crippen LogP contribution in [0.2, 0.25) is 0 Å². The molecular weight excluding hydrogens is 278 g/mol. The SMILES string of the molecule is CC(C)c1cccc2c(C(N)=S)c3c(nc12)CCN(C)C3. The number of aromatic nitrogens is 1. The van der Waals surface area contributed by atoms with Gasteiger partial charge in [0, 0.05) is 36.2 Å². The normalized spacial score (nSPS) is 15.4. The Kier molecular flexibility index (Phi) is 3.68. The van der Waals surface area contributed by atoms with Crippen LogP contribution in [0, 0.1) is 0 Å². The van der Waals surface area contributed by atoms with Crippen molar-refractivity contribution in [3.8, 4) is 0 Å². The van der Waals surface area contributed by atoms with E-state index in [0.29, 0.717) is 10.9 Å². The van der Waals surface area contributed by atoms with Gasteiger partial charge in [-0.1, -0.05) is 44.3 Å². The zero-order valence-corrected chi connectivity index (χ0v) is 13.6. The monoisotopic (exact) mass is 299 g/mol. The van der Waals surface area contributed by atoms with E-state index in [4.69, 9.17) is 22.9 Å². The lowest BCUT2D eigenvalue weighted by atomic mass is 9.92. The molecule has 2 aromatic rings. The van der Waals surface area contributed by atoms with Crippen molar-refractivity contribution in [3.63, 3.8) is 0 Å². The highest BCUT2D eigenvalue weighted by atomic mass is 32.1. The maximum Gasteiger partial charge on any atom is 0.105 e. The van der Waals surface area contributed by atoms with E-state index in [1.54, 1.807) is 0 Å². The molecule has 0 bridgehead atoms. The van der Waals surface area contributed by atoms with E-state index in [-0.39, 0.29) is 0 Å². The third kappa shape index (κ3) is 2.43. The molecule has 0 aliphatic carbocycles. The predicted molar refractivity (Wildman–Crippen MR) is 91.8 cm³/mol. The van der Waals surface area contributed by atoms with E-state index < -0.39 is 0 Å². The first-order valence-corrected chi connectivity index (χ1v) is 7.82. The summed E-state index contributed by atoms with van der Waals surface area (Å²) in [6.45, 7) is 6.30. The summed E-state index contributed by atoms with van der Waals surface area (Å²) < 4.78 is 0. The van der Waals surface area contributed by atoms with E-state index in [1.165, 1.54) is 11.1 Å². The number of benzene rings is 1. The Morgan fingerprint density at radius 2 is 2.14 bits per heavy atom. The molecule has 0 atom stereocenters. The van der Waals surface area contributed by atoms with Crippen LogP contribution >= 0.6 is 12.2 Å². The minimum Gasteiger partial charge on any atom is -0.389 e. The molecule has 1 aliphatic rings. The van der Waals surface area contributed by atoms with Crippen molar-refractivity contribution in [1.29, 1.82) is 0 Å². The first kappa shape index (κ1) is 14.4. The van der Waals surface area contributed by atoms with Crippen molar-refractivity contribution >= 4 is 28.1 Å². The van der Waals surface area contributed by atoms with Crippen molar-refractivity contribution in [1.82, 2.24) is 9.88 Å². The highest BCUT2D eigenvalue weighted by Crippen LogP contribution is 2.31. The number of fused-ring (bicyclic) bond motifs is 2. The fourth-order valence-corrected chi connectivity index (χ4v) is 3.40. The van der Waals surface area contributed by atoms with Gasteiger partial charge < -0.3 is 10.6 Å². The van der Waals surface area contributed by atoms with Gasteiger partial charge >= 0.3 is 0 Å². The Labute approximate surface area is 131 Å². The Hall–Kier alpha value is -1.52. The number of hydrogen-bond donors (Lipinski definition) is 1. The molecule has 0 radical (unpaired) electrons. The smallest absolute Gasteiger partial charge is 0.105 e. The van der Waals surface area contributed by atoms with E-state index in [2.05, 4.69) is 44.0 Å². The van der Waals surface area contributed by atoms with E-state index in [9.17, 15) is 0 Å². The molecule has 2 N–H and O–H groups in total. The molecule has 4 heteroatoms. The number of pyridine rings is 1. The summed E-state index contributed by atoms with van der Waals surface area (Å²) in [7, 11) is 2.13. The van der Waals surface area contributed by atoms with Crippen LogP contribution in [0.4, 0.5) is 0 Å². The molecule has 3 nitrogen and oxygen atoms in total. The first-order chi connectivity index (χ1) is 9.99. The van der Waals surface area contributed by atoms with Crippen LogP contribution in [0.5, 0.6) is 0 Å². The molecule has 0 saturated carbocycles. The summed E-state index contributed by atoms with van der Waals surface area (Å²) in [5, 5.41) is 1.10. The highest BCUT2D eigenvalue weighted by molar-refractivity contribution is 7.80. The Morgan fingerprint density at radius 1 is 1.38 bits per heavy atom. The van der Waals surface area contributed by atoms with Gasteiger partial charge in [-0.25, -0.2) is 0 Å². The van der Waals surface area contributed by atoms with Crippen molar-refractivity contribution in [2.75, 3.05) is 13.6 Å². The zero-order chi connectivity index (χ0) is 15.1. The van der Waals surface area contributed by atoms with Gasteiger partial charge in [0.25, 0.3) is 0 Å². The van der Waals surface area contributed by atoms with Gasteiger partial charge in [0.05, 0.1) is 5.52 Å².